The Morgan fingerprint density at radius 3 is 2.50 bits per heavy atom. The second-order valence-corrected chi connectivity index (χ2v) is 4.90. The summed E-state index contributed by atoms with van der Waals surface area (Å²) in [6.07, 6.45) is 4.79. The second-order valence-electron chi connectivity index (χ2n) is 4.90. The number of aromatic amines is 1. The first-order valence-electron chi connectivity index (χ1n) is 5.61. The Balaban J connectivity index is 1.75. The number of fused-ring (bicyclic) bond motifs is 1. The summed E-state index contributed by atoms with van der Waals surface area (Å²) < 4.78 is 0. The monoisotopic (exact) mass is 219 g/mol. The van der Waals surface area contributed by atoms with Gasteiger partial charge in [-0.1, -0.05) is 0 Å². The SMILES string of the molecule is O=C(O)c1cc(C(=O)C2CC3CC3C2)c[nH]1. The molecule has 84 valence electrons. The standard InChI is InChI=1S/C12H13NO3/c14-11(8-2-6-1-7(6)3-8)9-4-10(12(15)16)13-5-9/h4-8,13H,1-3H2,(H,15,16). The van der Waals surface area contributed by atoms with Crippen molar-refractivity contribution in [1.82, 2.24) is 4.98 Å². The lowest BCUT2D eigenvalue weighted by atomic mass is 9.94. The normalized spacial score (nSPS) is 31.1. The number of aromatic carboxylic acids is 1. The van der Waals surface area contributed by atoms with Crippen molar-refractivity contribution in [2.24, 2.45) is 17.8 Å². The molecule has 0 aliphatic heterocycles. The molecule has 2 aliphatic carbocycles. The molecule has 1 aromatic heterocycles. The molecular formula is C12H13NO3. The molecule has 0 spiro atoms. The first kappa shape index (κ1) is 9.63. The van der Waals surface area contributed by atoms with Gasteiger partial charge in [0.15, 0.2) is 5.78 Å². The van der Waals surface area contributed by atoms with Crippen LogP contribution in [0.3, 0.4) is 0 Å². The van der Waals surface area contributed by atoms with Gasteiger partial charge in [-0.15, -0.1) is 0 Å². The molecule has 4 heteroatoms. The summed E-state index contributed by atoms with van der Waals surface area (Å²) in [5.74, 6) is 0.754. The van der Waals surface area contributed by atoms with Gasteiger partial charge in [0.1, 0.15) is 5.69 Å². The van der Waals surface area contributed by atoms with E-state index < -0.39 is 5.97 Å². The van der Waals surface area contributed by atoms with Gasteiger partial charge in [0.2, 0.25) is 0 Å². The van der Waals surface area contributed by atoms with E-state index in [0.717, 1.165) is 24.7 Å². The number of H-pyrrole nitrogens is 1. The molecule has 0 saturated heterocycles. The maximum absolute atomic E-state index is 12.0. The van der Waals surface area contributed by atoms with Crippen LogP contribution in [-0.2, 0) is 0 Å². The van der Waals surface area contributed by atoms with Gasteiger partial charge in [-0.3, -0.25) is 4.79 Å². The van der Waals surface area contributed by atoms with Gasteiger partial charge in [-0.2, -0.15) is 0 Å². The molecule has 1 aromatic rings. The third-order valence-corrected chi connectivity index (χ3v) is 3.81. The van der Waals surface area contributed by atoms with Crippen molar-refractivity contribution >= 4 is 11.8 Å². The summed E-state index contributed by atoms with van der Waals surface area (Å²) in [5, 5.41) is 8.75. The van der Waals surface area contributed by atoms with Crippen molar-refractivity contribution in [2.75, 3.05) is 0 Å². The summed E-state index contributed by atoms with van der Waals surface area (Å²) >= 11 is 0. The fourth-order valence-electron chi connectivity index (χ4n) is 2.82. The highest BCUT2D eigenvalue weighted by Crippen LogP contribution is 2.54. The quantitative estimate of drug-likeness (QED) is 0.763. The summed E-state index contributed by atoms with van der Waals surface area (Å²) in [6, 6.07) is 1.44. The number of carboxylic acid groups (broad SMARTS) is 1. The van der Waals surface area contributed by atoms with E-state index in [1.807, 2.05) is 0 Å². The van der Waals surface area contributed by atoms with Gasteiger partial charge in [-0.25, -0.2) is 4.79 Å². The van der Waals surface area contributed by atoms with Crippen LogP contribution in [0.4, 0.5) is 0 Å². The van der Waals surface area contributed by atoms with Crippen molar-refractivity contribution in [3.05, 3.63) is 23.5 Å². The molecule has 2 saturated carbocycles. The number of carbonyl (C=O) groups excluding carboxylic acids is 1. The number of Topliss-reactive ketones (excluding diaryl/α,β-unsaturated/α-hetero) is 1. The fourth-order valence-corrected chi connectivity index (χ4v) is 2.82. The van der Waals surface area contributed by atoms with Crippen LogP contribution in [0.15, 0.2) is 12.3 Å². The van der Waals surface area contributed by atoms with Crippen LogP contribution < -0.4 is 0 Å². The van der Waals surface area contributed by atoms with Crippen molar-refractivity contribution in [1.29, 1.82) is 0 Å². The minimum absolute atomic E-state index is 0.0894. The predicted octanol–water partition coefficient (Wildman–Crippen LogP) is 1.94. The summed E-state index contributed by atoms with van der Waals surface area (Å²) in [7, 11) is 0. The van der Waals surface area contributed by atoms with Crippen LogP contribution in [0, 0.1) is 17.8 Å². The predicted molar refractivity (Wildman–Crippen MR) is 56.4 cm³/mol. The van der Waals surface area contributed by atoms with E-state index in [0.29, 0.717) is 5.56 Å². The zero-order valence-electron chi connectivity index (χ0n) is 8.77. The number of nitrogens with one attached hydrogen (secondary N) is 1. The number of carbonyl (C=O) groups is 2. The molecule has 0 aromatic carbocycles. The van der Waals surface area contributed by atoms with Crippen molar-refractivity contribution < 1.29 is 14.7 Å². The Bertz CT molecular complexity index is 453. The van der Waals surface area contributed by atoms with Gasteiger partial charge in [0, 0.05) is 17.7 Å². The van der Waals surface area contributed by atoms with Gasteiger partial charge in [0.25, 0.3) is 0 Å². The van der Waals surface area contributed by atoms with Crippen LogP contribution >= 0.6 is 0 Å². The zero-order valence-corrected chi connectivity index (χ0v) is 8.77. The third-order valence-electron chi connectivity index (χ3n) is 3.81. The van der Waals surface area contributed by atoms with Gasteiger partial charge in [0.05, 0.1) is 0 Å². The van der Waals surface area contributed by atoms with E-state index in [4.69, 9.17) is 5.11 Å². The number of aromatic nitrogens is 1. The third kappa shape index (κ3) is 1.45. The fraction of sp³-hybridized carbons (Fsp3) is 0.500. The highest BCUT2D eigenvalue weighted by Gasteiger charge is 2.48. The number of hydrogen-bond acceptors (Lipinski definition) is 2. The van der Waals surface area contributed by atoms with E-state index in [9.17, 15) is 9.59 Å². The first-order valence-corrected chi connectivity index (χ1v) is 5.61. The van der Waals surface area contributed by atoms with Crippen molar-refractivity contribution in [3.8, 4) is 0 Å². The molecular weight excluding hydrogens is 206 g/mol. The van der Waals surface area contributed by atoms with Gasteiger partial charge < -0.3 is 10.1 Å². The Morgan fingerprint density at radius 1 is 1.25 bits per heavy atom. The number of hydrogen-bond donors (Lipinski definition) is 2. The molecule has 4 nitrogen and oxygen atoms in total. The van der Waals surface area contributed by atoms with Crippen LogP contribution in [0.2, 0.25) is 0 Å². The molecule has 3 rings (SSSR count). The van der Waals surface area contributed by atoms with Gasteiger partial charge >= 0.3 is 5.97 Å². The summed E-state index contributed by atoms with van der Waals surface area (Å²) in [4.78, 5) is 25.3. The van der Waals surface area contributed by atoms with E-state index in [-0.39, 0.29) is 17.4 Å². The van der Waals surface area contributed by atoms with Crippen molar-refractivity contribution in [3.63, 3.8) is 0 Å². The Hall–Kier alpha value is -1.58. The Labute approximate surface area is 92.7 Å². The van der Waals surface area contributed by atoms with E-state index in [1.54, 1.807) is 0 Å². The summed E-state index contributed by atoms with van der Waals surface area (Å²) in [5.41, 5.74) is 0.607. The van der Waals surface area contributed by atoms with Crippen LogP contribution in [0.5, 0.6) is 0 Å². The lowest BCUT2D eigenvalue weighted by Crippen LogP contribution is -2.12. The molecule has 2 unspecified atom stereocenters. The lowest BCUT2D eigenvalue weighted by molar-refractivity contribution is 0.0691. The van der Waals surface area contributed by atoms with Crippen LogP contribution in [0.25, 0.3) is 0 Å². The van der Waals surface area contributed by atoms with Crippen LogP contribution in [-0.4, -0.2) is 21.8 Å². The number of carboxylic acids is 1. The maximum Gasteiger partial charge on any atom is 0.352 e. The zero-order chi connectivity index (χ0) is 11.3. The number of rotatable bonds is 3. The Morgan fingerprint density at radius 2 is 1.94 bits per heavy atom. The molecule has 0 bridgehead atoms. The smallest absolute Gasteiger partial charge is 0.352 e. The molecule has 2 fully saturated rings. The van der Waals surface area contributed by atoms with E-state index in [2.05, 4.69) is 4.98 Å². The average Bonchev–Trinajstić information content (AvgIpc) is 2.72. The number of ketones is 1. The molecule has 2 aliphatic rings. The molecule has 0 amide bonds. The molecule has 1 heterocycles. The minimum atomic E-state index is -1.02. The maximum atomic E-state index is 12.0. The van der Waals surface area contributed by atoms with Gasteiger partial charge in [-0.05, 0) is 37.2 Å². The van der Waals surface area contributed by atoms with E-state index in [1.165, 1.54) is 18.7 Å². The molecule has 2 N–H and O–H groups in total. The van der Waals surface area contributed by atoms with E-state index >= 15 is 0 Å². The Kier molecular flexibility index (Phi) is 1.93. The highest BCUT2D eigenvalue weighted by molar-refractivity contribution is 6.00. The minimum Gasteiger partial charge on any atom is -0.477 e. The van der Waals surface area contributed by atoms with Crippen LogP contribution in [0.1, 0.15) is 40.1 Å². The molecule has 16 heavy (non-hydrogen) atoms. The highest BCUT2D eigenvalue weighted by atomic mass is 16.4. The largest absolute Gasteiger partial charge is 0.477 e. The van der Waals surface area contributed by atoms with Crippen molar-refractivity contribution in [2.45, 2.75) is 19.3 Å². The first-order chi connectivity index (χ1) is 7.65. The average molecular weight is 219 g/mol. The second kappa shape index (κ2) is 3.20. The lowest BCUT2D eigenvalue weighted by Gasteiger charge is -2.08. The summed E-state index contributed by atoms with van der Waals surface area (Å²) in [6.45, 7) is 0. The molecule has 0 radical (unpaired) electrons. The topological polar surface area (TPSA) is 70.2 Å². The molecule has 2 atom stereocenters.